The van der Waals surface area contributed by atoms with Crippen LogP contribution in [0.1, 0.15) is 29.0 Å². The van der Waals surface area contributed by atoms with Gasteiger partial charge in [0.05, 0.1) is 31.8 Å². The van der Waals surface area contributed by atoms with Gasteiger partial charge in [-0.15, -0.1) is 0 Å². The molecule has 1 aliphatic heterocycles. The van der Waals surface area contributed by atoms with Crippen LogP contribution in [0.4, 0.5) is 5.69 Å². The lowest BCUT2D eigenvalue weighted by Gasteiger charge is -2.32. The van der Waals surface area contributed by atoms with Gasteiger partial charge in [-0.2, -0.15) is 4.98 Å². The average Bonchev–Trinajstić information content (AvgIpc) is 2.72. The van der Waals surface area contributed by atoms with Crippen molar-refractivity contribution in [3.8, 4) is 17.4 Å². The standard InChI is InChI=1S/C19H22N4O6/c1-12-20-7-6-18(21-12)29-13-5-4-8-22(11-13)19(24)14-9-16(27-2)17(28-3)10-15(14)23(25)26/h6-7,9-10,13H,4-5,8,11H2,1-3H3. The van der Waals surface area contributed by atoms with E-state index in [4.69, 9.17) is 14.2 Å². The Morgan fingerprint density at radius 3 is 2.66 bits per heavy atom. The maximum Gasteiger partial charge on any atom is 0.286 e. The van der Waals surface area contributed by atoms with Crippen LogP contribution in [-0.4, -0.2) is 59.1 Å². The lowest BCUT2D eigenvalue weighted by atomic mass is 10.0. The van der Waals surface area contributed by atoms with Gasteiger partial charge in [0.25, 0.3) is 11.6 Å². The van der Waals surface area contributed by atoms with Crippen LogP contribution < -0.4 is 14.2 Å². The summed E-state index contributed by atoms with van der Waals surface area (Å²) in [7, 11) is 2.79. The van der Waals surface area contributed by atoms with Gasteiger partial charge in [0.15, 0.2) is 11.5 Å². The van der Waals surface area contributed by atoms with Crippen molar-refractivity contribution in [2.24, 2.45) is 0 Å². The third-order valence-corrected chi connectivity index (χ3v) is 4.63. The number of aromatic nitrogens is 2. The lowest BCUT2D eigenvalue weighted by Crippen LogP contribution is -2.44. The monoisotopic (exact) mass is 402 g/mol. The molecule has 29 heavy (non-hydrogen) atoms. The van der Waals surface area contributed by atoms with Gasteiger partial charge in [-0.1, -0.05) is 0 Å². The van der Waals surface area contributed by atoms with E-state index in [1.807, 2.05) is 0 Å². The summed E-state index contributed by atoms with van der Waals surface area (Å²) in [5, 5.41) is 11.5. The van der Waals surface area contributed by atoms with Crippen molar-refractivity contribution in [1.82, 2.24) is 14.9 Å². The zero-order valence-corrected chi connectivity index (χ0v) is 16.5. The highest BCUT2D eigenvalue weighted by molar-refractivity contribution is 5.99. The quantitative estimate of drug-likeness (QED) is 0.534. The van der Waals surface area contributed by atoms with Gasteiger partial charge in [-0.3, -0.25) is 14.9 Å². The van der Waals surface area contributed by atoms with Crippen molar-refractivity contribution < 1.29 is 23.9 Å². The summed E-state index contributed by atoms with van der Waals surface area (Å²) in [6.45, 7) is 2.54. The molecular weight excluding hydrogens is 380 g/mol. The molecule has 1 saturated heterocycles. The smallest absolute Gasteiger partial charge is 0.286 e. The number of aryl methyl sites for hydroxylation is 1. The molecule has 0 saturated carbocycles. The number of carbonyl (C=O) groups is 1. The SMILES string of the molecule is COc1cc(C(=O)N2CCCC(Oc3ccnc(C)n3)C2)c([N+](=O)[O-])cc1OC. The topological polar surface area (TPSA) is 117 Å². The molecule has 0 N–H and O–H groups in total. The number of hydrogen-bond donors (Lipinski definition) is 0. The number of likely N-dealkylation sites (tertiary alicyclic amines) is 1. The summed E-state index contributed by atoms with van der Waals surface area (Å²) in [6.07, 6.45) is 2.81. The van der Waals surface area contributed by atoms with Crippen LogP contribution in [0.15, 0.2) is 24.4 Å². The summed E-state index contributed by atoms with van der Waals surface area (Å²) in [5.41, 5.74) is -0.381. The first-order valence-electron chi connectivity index (χ1n) is 9.09. The number of ether oxygens (including phenoxy) is 3. The summed E-state index contributed by atoms with van der Waals surface area (Å²) < 4.78 is 16.2. The second-order valence-corrected chi connectivity index (χ2v) is 6.56. The first-order valence-corrected chi connectivity index (χ1v) is 9.09. The molecule has 1 aromatic carbocycles. The number of hydrogen-bond acceptors (Lipinski definition) is 8. The van der Waals surface area contributed by atoms with Crippen molar-refractivity contribution in [1.29, 1.82) is 0 Å². The second kappa shape index (κ2) is 8.72. The van der Waals surface area contributed by atoms with Crippen LogP contribution in [0.5, 0.6) is 17.4 Å². The summed E-state index contributed by atoms with van der Waals surface area (Å²) in [5.74, 6) is 1.02. The van der Waals surface area contributed by atoms with Crippen molar-refractivity contribution in [3.63, 3.8) is 0 Å². The van der Waals surface area contributed by atoms with E-state index in [-0.39, 0.29) is 28.9 Å². The predicted octanol–water partition coefficient (Wildman–Crippen LogP) is 2.39. The number of carbonyl (C=O) groups excluding carboxylic acids is 1. The predicted molar refractivity (Wildman–Crippen MR) is 103 cm³/mol. The minimum Gasteiger partial charge on any atom is -0.493 e. The van der Waals surface area contributed by atoms with Crippen LogP contribution in [-0.2, 0) is 0 Å². The average molecular weight is 402 g/mol. The Bertz CT molecular complexity index is 920. The number of rotatable bonds is 6. The molecule has 3 rings (SSSR count). The highest BCUT2D eigenvalue weighted by atomic mass is 16.6. The molecule has 0 aliphatic carbocycles. The molecule has 0 radical (unpaired) electrons. The Morgan fingerprint density at radius 2 is 2.00 bits per heavy atom. The van der Waals surface area contributed by atoms with Crippen molar-refractivity contribution in [2.75, 3.05) is 27.3 Å². The number of benzene rings is 1. The number of nitro benzene ring substituents is 1. The highest BCUT2D eigenvalue weighted by Crippen LogP contribution is 2.35. The zero-order chi connectivity index (χ0) is 21.0. The third-order valence-electron chi connectivity index (χ3n) is 4.63. The first-order chi connectivity index (χ1) is 13.9. The number of methoxy groups -OCH3 is 2. The number of nitro groups is 1. The molecule has 0 spiro atoms. The second-order valence-electron chi connectivity index (χ2n) is 6.56. The van der Waals surface area contributed by atoms with E-state index >= 15 is 0 Å². The molecule has 1 atom stereocenters. The minimum absolute atomic E-state index is 0.0498. The molecule has 1 aliphatic rings. The number of piperidine rings is 1. The highest BCUT2D eigenvalue weighted by Gasteiger charge is 2.31. The van der Waals surface area contributed by atoms with Crippen LogP contribution >= 0.6 is 0 Å². The minimum atomic E-state index is -0.600. The fourth-order valence-electron chi connectivity index (χ4n) is 3.25. The van der Waals surface area contributed by atoms with E-state index < -0.39 is 10.8 Å². The fraction of sp³-hybridized carbons (Fsp3) is 0.421. The van der Waals surface area contributed by atoms with Crippen LogP contribution in [0.3, 0.4) is 0 Å². The Morgan fingerprint density at radius 1 is 1.28 bits per heavy atom. The molecule has 0 bridgehead atoms. The van der Waals surface area contributed by atoms with Crippen molar-refractivity contribution >= 4 is 11.6 Å². The van der Waals surface area contributed by atoms with Gasteiger partial charge in [0, 0.05) is 24.9 Å². The van der Waals surface area contributed by atoms with E-state index in [0.717, 1.165) is 6.42 Å². The largest absolute Gasteiger partial charge is 0.493 e. The Hall–Kier alpha value is -3.43. The molecule has 10 nitrogen and oxygen atoms in total. The third kappa shape index (κ3) is 4.53. The summed E-state index contributed by atoms with van der Waals surface area (Å²) >= 11 is 0. The van der Waals surface area contributed by atoms with Crippen LogP contribution in [0.2, 0.25) is 0 Å². The molecule has 154 valence electrons. The first kappa shape index (κ1) is 20.3. The Labute approximate surface area is 167 Å². The molecule has 10 heteroatoms. The normalized spacial score (nSPS) is 16.2. The van der Waals surface area contributed by atoms with Gasteiger partial charge in [0.2, 0.25) is 5.88 Å². The van der Waals surface area contributed by atoms with Gasteiger partial charge in [0.1, 0.15) is 17.5 Å². The molecule has 2 aromatic rings. The fourth-order valence-corrected chi connectivity index (χ4v) is 3.25. The van der Waals surface area contributed by atoms with Crippen LogP contribution in [0.25, 0.3) is 0 Å². The number of nitrogens with zero attached hydrogens (tertiary/aromatic N) is 4. The van der Waals surface area contributed by atoms with E-state index in [1.165, 1.54) is 26.4 Å². The Kier molecular flexibility index (Phi) is 6.10. The summed E-state index contributed by atoms with van der Waals surface area (Å²) in [6, 6.07) is 4.21. The molecule has 1 unspecified atom stereocenters. The van der Waals surface area contributed by atoms with E-state index in [9.17, 15) is 14.9 Å². The maximum absolute atomic E-state index is 13.1. The van der Waals surface area contributed by atoms with Gasteiger partial charge in [-0.25, -0.2) is 4.98 Å². The van der Waals surface area contributed by atoms with Crippen molar-refractivity contribution in [3.05, 3.63) is 45.9 Å². The molecule has 2 heterocycles. The van der Waals surface area contributed by atoms with E-state index in [2.05, 4.69) is 9.97 Å². The molecule has 1 aromatic heterocycles. The van der Waals surface area contributed by atoms with Gasteiger partial charge < -0.3 is 19.1 Å². The van der Waals surface area contributed by atoms with Gasteiger partial charge in [-0.05, 0) is 19.8 Å². The Balaban J connectivity index is 1.83. The van der Waals surface area contributed by atoms with Crippen LogP contribution in [0, 0.1) is 17.0 Å². The molecule has 1 amide bonds. The lowest BCUT2D eigenvalue weighted by molar-refractivity contribution is -0.385. The van der Waals surface area contributed by atoms with E-state index in [1.54, 1.807) is 24.1 Å². The van der Waals surface area contributed by atoms with E-state index in [0.29, 0.717) is 31.2 Å². The van der Waals surface area contributed by atoms with Crippen molar-refractivity contribution in [2.45, 2.75) is 25.9 Å². The molecule has 1 fully saturated rings. The maximum atomic E-state index is 13.1. The summed E-state index contributed by atoms with van der Waals surface area (Å²) in [4.78, 5) is 33.8. The van der Waals surface area contributed by atoms with Gasteiger partial charge >= 0.3 is 0 Å². The number of amides is 1. The molecular formula is C19H22N4O6. The zero-order valence-electron chi connectivity index (χ0n) is 16.5.